The van der Waals surface area contributed by atoms with Crippen LogP contribution in [-0.4, -0.2) is 7.69 Å². The van der Waals surface area contributed by atoms with Crippen LogP contribution in [0.5, 0.6) is 11.5 Å². The topological polar surface area (TPSA) is 18.5 Å². The molecule has 2 rings (SSSR count). The fraction of sp³-hybridized carbons (Fsp3) is 0.143. The minimum absolute atomic E-state index is 0.766. The fourth-order valence-electron chi connectivity index (χ4n) is 1.37. The zero-order valence-electron chi connectivity index (χ0n) is 10.0. The lowest BCUT2D eigenvalue weighted by atomic mass is 10.2. The van der Waals surface area contributed by atoms with Crippen molar-refractivity contribution in [3.8, 4) is 11.5 Å². The normalized spacial score (nSPS) is 9.76. The smallest absolute Gasteiger partial charge is 0.526 e. The van der Waals surface area contributed by atoms with Gasteiger partial charge in [0, 0.05) is 0 Å². The summed E-state index contributed by atoms with van der Waals surface area (Å²) in [4.78, 5) is 0. The molecule has 2 aromatic carbocycles. The maximum absolute atomic E-state index is 5.35. The minimum atomic E-state index is 0.766. The third kappa shape index (κ3) is 3.56. The van der Waals surface area contributed by atoms with Gasteiger partial charge in [-0.3, -0.25) is 0 Å². The summed E-state index contributed by atoms with van der Waals surface area (Å²) in [5.74, 6) is 1.53. The zero-order valence-corrected chi connectivity index (χ0v) is 10.0. The van der Waals surface area contributed by atoms with Crippen molar-refractivity contribution in [3.63, 3.8) is 0 Å². The Morgan fingerprint density at radius 1 is 0.647 bits per heavy atom. The van der Waals surface area contributed by atoms with E-state index in [1.165, 1.54) is 18.8 Å². The average molecular weight is 225 g/mol. The summed E-state index contributed by atoms with van der Waals surface area (Å²) in [6, 6.07) is 15.6. The lowest BCUT2D eigenvalue weighted by molar-refractivity contribution is 0.459. The van der Waals surface area contributed by atoms with Gasteiger partial charge in [-0.1, -0.05) is 35.4 Å². The van der Waals surface area contributed by atoms with Crippen molar-refractivity contribution in [2.45, 2.75) is 13.8 Å². The van der Waals surface area contributed by atoms with Gasteiger partial charge in [0.1, 0.15) is 11.5 Å². The Bertz CT molecular complexity index is 417. The molecule has 0 unspecified atom stereocenters. The first kappa shape index (κ1) is 11.6. The molecule has 3 heteroatoms. The number of rotatable bonds is 4. The van der Waals surface area contributed by atoms with Crippen molar-refractivity contribution in [2.24, 2.45) is 0 Å². The van der Waals surface area contributed by atoms with E-state index in [9.17, 15) is 0 Å². The predicted molar refractivity (Wildman–Crippen MR) is 69.4 cm³/mol. The lowest BCUT2D eigenvalue weighted by Gasteiger charge is -2.06. The molecule has 0 atom stereocenters. The number of hydrogen-bond acceptors (Lipinski definition) is 2. The molecule has 0 saturated heterocycles. The molecule has 2 nitrogen and oxygen atoms in total. The molecule has 85 valence electrons. The van der Waals surface area contributed by atoms with Crippen LogP contribution in [0.1, 0.15) is 11.1 Å². The highest BCUT2D eigenvalue weighted by atomic mass is 16.6. The Morgan fingerprint density at radius 3 is 1.35 bits per heavy atom. The van der Waals surface area contributed by atoms with Gasteiger partial charge in [-0.15, -0.1) is 0 Å². The zero-order chi connectivity index (χ0) is 12.1. The molecule has 0 bridgehead atoms. The van der Waals surface area contributed by atoms with Gasteiger partial charge in [-0.25, -0.2) is 0 Å². The van der Waals surface area contributed by atoms with Crippen molar-refractivity contribution >= 4 is 7.69 Å². The van der Waals surface area contributed by atoms with Crippen LogP contribution in [0.3, 0.4) is 0 Å². The monoisotopic (exact) mass is 225 g/mol. The van der Waals surface area contributed by atoms with Gasteiger partial charge in [-0.2, -0.15) is 0 Å². The standard InChI is InChI=1S/C14H14BO2/c1-11-3-7-13(8-4-11)16-15-17-14-9-5-12(2)6-10-14/h3-10H,1-2H3. The molecule has 0 amide bonds. The number of benzene rings is 2. The molecule has 0 aliphatic rings. The quantitative estimate of drug-likeness (QED) is 0.743. The lowest BCUT2D eigenvalue weighted by Crippen LogP contribution is -2.10. The Morgan fingerprint density at radius 2 is 1.00 bits per heavy atom. The van der Waals surface area contributed by atoms with Gasteiger partial charge in [0.25, 0.3) is 0 Å². The van der Waals surface area contributed by atoms with Crippen LogP contribution in [-0.2, 0) is 0 Å². The van der Waals surface area contributed by atoms with E-state index in [2.05, 4.69) is 0 Å². The summed E-state index contributed by atoms with van der Waals surface area (Å²) >= 11 is 0. The molecule has 0 spiro atoms. The highest BCUT2D eigenvalue weighted by molar-refractivity contribution is 6.20. The second kappa shape index (κ2) is 5.44. The van der Waals surface area contributed by atoms with Crippen LogP contribution >= 0.6 is 0 Å². The SMILES string of the molecule is Cc1ccc(O[B]Oc2ccc(C)cc2)cc1. The van der Waals surface area contributed by atoms with Gasteiger partial charge < -0.3 is 9.31 Å². The van der Waals surface area contributed by atoms with Crippen molar-refractivity contribution in [3.05, 3.63) is 59.7 Å². The molecule has 0 N–H and O–H groups in total. The molecule has 0 heterocycles. The molecule has 0 fully saturated rings. The highest BCUT2D eigenvalue weighted by Gasteiger charge is 2.00. The molecular formula is C14H14BO2. The summed E-state index contributed by atoms with van der Waals surface area (Å²) in [5, 5.41) is 0. The van der Waals surface area contributed by atoms with Crippen molar-refractivity contribution in [1.82, 2.24) is 0 Å². The van der Waals surface area contributed by atoms with Crippen LogP contribution in [0.25, 0.3) is 0 Å². The van der Waals surface area contributed by atoms with E-state index in [0.717, 1.165) is 11.5 Å². The van der Waals surface area contributed by atoms with Crippen molar-refractivity contribution in [1.29, 1.82) is 0 Å². The second-order valence-electron chi connectivity index (χ2n) is 3.96. The van der Waals surface area contributed by atoms with Gasteiger partial charge in [0.05, 0.1) is 0 Å². The Hall–Kier alpha value is -1.90. The molecule has 0 aliphatic heterocycles. The maximum Gasteiger partial charge on any atom is 0.658 e. The fourth-order valence-corrected chi connectivity index (χ4v) is 1.37. The largest absolute Gasteiger partial charge is 0.658 e. The van der Waals surface area contributed by atoms with Crippen molar-refractivity contribution < 1.29 is 9.31 Å². The number of hydrogen-bond donors (Lipinski definition) is 0. The third-order valence-corrected chi connectivity index (χ3v) is 2.41. The van der Waals surface area contributed by atoms with Crippen LogP contribution < -0.4 is 9.31 Å². The molecule has 1 radical (unpaired) electrons. The van der Waals surface area contributed by atoms with Crippen molar-refractivity contribution in [2.75, 3.05) is 0 Å². The van der Waals surface area contributed by atoms with E-state index in [0.29, 0.717) is 0 Å². The van der Waals surface area contributed by atoms with Gasteiger partial charge in [0.15, 0.2) is 0 Å². The van der Waals surface area contributed by atoms with Gasteiger partial charge in [-0.05, 0) is 38.1 Å². The van der Waals surface area contributed by atoms with E-state index < -0.39 is 0 Å². The van der Waals surface area contributed by atoms with Gasteiger partial charge >= 0.3 is 7.69 Å². The van der Waals surface area contributed by atoms with Crippen LogP contribution in [0, 0.1) is 13.8 Å². The Labute approximate surface area is 103 Å². The average Bonchev–Trinajstić information content (AvgIpc) is 2.34. The molecule has 0 aliphatic carbocycles. The summed E-state index contributed by atoms with van der Waals surface area (Å²) in [6.07, 6.45) is 0. The summed E-state index contributed by atoms with van der Waals surface area (Å²) in [5.41, 5.74) is 2.41. The van der Waals surface area contributed by atoms with Gasteiger partial charge in [0.2, 0.25) is 0 Å². The molecule has 0 saturated carbocycles. The summed E-state index contributed by atoms with van der Waals surface area (Å²) in [7, 11) is 1.34. The molecule has 0 aromatic heterocycles. The first-order valence-corrected chi connectivity index (χ1v) is 5.52. The number of aryl methyl sites for hydroxylation is 2. The Kier molecular flexibility index (Phi) is 3.71. The summed E-state index contributed by atoms with van der Waals surface area (Å²) in [6.45, 7) is 4.08. The second-order valence-corrected chi connectivity index (χ2v) is 3.96. The van der Waals surface area contributed by atoms with E-state index in [-0.39, 0.29) is 0 Å². The first-order valence-electron chi connectivity index (χ1n) is 5.52. The summed E-state index contributed by atoms with van der Waals surface area (Å²) < 4.78 is 10.7. The predicted octanol–water partition coefficient (Wildman–Crippen LogP) is 3.30. The van der Waals surface area contributed by atoms with Crippen LogP contribution in [0.4, 0.5) is 0 Å². The van der Waals surface area contributed by atoms with E-state index >= 15 is 0 Å². The van der Waals surface area contributed by atoms with E-state index in [1.54, 1.807) is 0 Å². The molecule has 2 aromatic rings. The van der Waals surface area contributed by atoms with Crippen LogP contribution in [0.15, 0.2) is 48.5 Å². The van der Waals surface area contributed by atoms with Crippen LogP contribution in [0.2, 0.25) is 0 Å². The van der Waals surface area contributed by atoms with E-state index in [4.69, 9.17) is 9.31 Å². The highest BCUT2D eigenvalue weighted by Crippen LogP contribution is 2.13. The maximum atomic E-state index is 5.35. The minimum Gasteiger partial charge on any atom is -0.526 e. The van der Waals surface area contributed by atoms with E-state index in [1.807, 2.05) is 62.4 Å². The first-order chi connectivity index (χ1) is 8.24. The Balaban J connectivity index is 1.83. The third-order valence-electron chi connectivity index (χ3n) is 2.41. The molecular weight excluding hydrogens is 211 g/mol. The molecule has 17 heavy (non-hydrogen) atoms.